The van der Waals surface area contributed by atoms with Gasteiger partial charge in [-0.15, -0.1) is 0 Å². The van der Waals surface area contributed by atoms with Gasteiger partial charge in [0.25, 0.3) is 0 Å². The first kappa shape index (κ1) is 8.74. The van der Waals surface area contributed by atoms with E-state index < -0.39 is 0 Å². The molecule has 0 bridgehead atoms. The summed E-state index contributed by atoms with van der Waals surface area (Å²) in [5.41, 5.74) is 2.10. The number of aromatic nitrogens is 2. The van der Waals surface area contributed by atoms with Crippen molar-refractivity contribution in [1.82, 2.24) is 9.97 Å². The monoisotopic (exact) mass is 232 g/mol. The van der Waals surface area contributed by atoms with Crippen LogP contribution >= 0.6 is 28.1 Å². The van der Waals surface area contributed by atoms with Crippen LogP contribution in [0.1, 0.15) is 18.3 Å². The summed E-state index contributed by atoms with van der Waals surface area (Å²) in [6.07, 6.45) is 1.99. The Morgan fingerprint density at radius 2 is 2.18 bits per heavy atom. The standard InChI is InChI=1S/C7H9BrN2S/c1-4(8)3-6-5(2)9-7(11)10-6/h3H,1-2H3,(H2,9,10,11)/b4-3+. The lowest BCUT2D eigenvalue weighted by Crippen LogP contribution is -1.75. The molecule has 0 fully saturated rings. The lowest BCUT2D eigenvalue weighted by Gasteiger charge is -1.88. The summed E-state index contributed by atoms with van der Waals surface area (Å²) in [4.78, 5) is 6.04. The van der Waals surface area contributed by atoms with Crippen LogP contribution < -0.4 is 0 Å². The fraction of sp³-hybridized carbons (Fsp3) is 0.286. The molecule has 0 aliphatic rings. The highest BCUT2D eigenvalue weighted by molar-refractivity contribution is 9.11. The maximum Gasteiger partial charge on any atom is 0.175 e. The van der Waals surface area contributed by atoms with E-state index in [0.717, 1.165) is 15.9 Å². The first-order valence-electron chi connectivity index (χ1n) is 3.22. The zero-order chi connectivity index (χ0) is 8.43. The Hall–Kier alpha value is -0.350. The predicted molar refractivity (Wildman–Crippen MR) is 53.3 cm³/mol. The van der Waals surface area contributed by atoms with Crippen molar-refractivity contribution >= 4 is 34.2 Å². The summed E-state index contributed by atoms with van der Waals surface area (Å²) < 4.78 is 1.74. The molecule has 0 amide bonds. The Kier molecular flexibility index (Phi) is 2.67. The van der Waals surface area contributed by atoms with E-state index in [0.29, 0.717) is 4.77 Å². The Balaban J connectivity index is 3.14. The van der Waals surface area contributed by atoms with E-state index in [9.17, 15) is 0 Å². The van der Waals surface area contributed by atoms with Gasteiger partial charge in [0.15, 0.2) is 4.77 Å². The quantitative estimate of drug-likeness (QED) is 0.717. The Bertz CT molecular complexity index is 330. The number of aryl methyl sites for hydroxylation is 1. The first-order valence-corrected chi connectivity index (χ1v) is 4.42. The molecule has 1 rings (SSSR count). The molecule has 60 valence electrons. The molecule has 11 heavy (non-hydrogen) atoms. The van der Waals surface area contributed by atoms with Crippen molar-refractivity contribution in [3.05, 3.63) is 20.6 Å². The number of allylic oxidation sites excluding steroid dienone is 1. The maximum absolute atomic E-state index is 4.92. The Morgan fingerprint density at radius 3 is 2.55 bits per heavy atom. The second kappa shape index (κ2) is 3.36. The Labute approximate surface area is 78.9 Å². The molecule has 0 spiro atoms. The minimum atomic E-state index is 0.669. The third-order valence-electron chi connectivity index (χ3n) is 1.30. The molecule has 1 aromatic heterocycles. The Morgan fingerprint density at radius 1 is 1.55 bits per heavy atom. The van der Waals surface area contributed by atoms with Crippen molar-refractivity contribution in [2.45, 2.75) is 13.8 Å². The van der Waals surface area contributed by atoms with Gasteiger partial charge in [0.05, 0.1) is 5.69 Å². The van der Waals surface area contributed by atoms with Gasteiger partial charge < -0.3 is 9.97 Å². The minimum Gasteiger partial charge on any atom is -0.334 e. The average molecular weight is 233 g/mol. The number of hydrogen-bond donors (Lipinski definition) is 2. The van der Waals surface area contributed by atoms with E-state index in [-0.39, 0.29) is 0 Å². The van der Waals surface area contributed by atoms with E-state index in [4.69, 9.17) is 12.2 Å². The van der Waals surface area contributed by atoms with Crippen LogP contribution in [-0.4, -0.2) is 9.97 Å². The van der Waals surface area contributed by atoms with Gasteiger partial charge in [-0.1, -0.05) is 15.9 Å². The number of aromatic amines is 2. The van der Waals surface area contributed by atoms with Crippen LogP contribution in [0, 0.1) is 11.7 Å². The molecule has 0 unspecified atom stereocenters. The van der Waals surface area contributed by atoms with Crippen LogP contribution in [0.4, 0.5) is 0 Å². The molecule has 2 N–H and O–H groups in total. The van der Waals surface area contributed by atoms with Crippen LogP contribution in [0.25, 0.3) is 6.08 Å². The topological polar surface area (TPSA) is 31.6 Å². The fourth-order valence-electron chi connectivity index (χ4n) is 0.828. The number of H-pyrrole nitrogens is 2. The molecule has 1 heterocycles. The highest BCUT2D eigenvalue weighted by Crippen LogP contribution is 2.11. The second-order valence-electron chi connectivity index (χ2n) is 2.35. The summed E-state index contributed by atoms with van der Waals surface area (Å²) in [5, 5.41) is 0. The number of hydrogen-bond acceptors (Lipinski definition) is 1. The molecule has 4 heteroatoms. The fourth-order valence-corrected chi connectivity index (χ4v) is 1.32. The van der Waals surface area contributed by atoms with E-state index in [1.54, 1.807) is 0 Å². The zero-order valence-electron chi connectivity index (χ0n) is 6.36. The molecule has 0 aliphatic carbocycles. The molecule has 2 nitrogen and oxygen atoms in total. The van der Waals surface area contributed by atoms with E-state index in [2.05, 4.69) is 25.9 Å². The lowest BCUT2D eigenvalue weighted by molar-refractivity contribution is 1.22. The first-order chi connectivity index (χ1) is 5.09. The van der Waals surface area contributed by atoms with Crippen LogP contribution in [0.5, 0.6) is 0 Å². The van der Waals surface area contributed by atoms with Gasteiger partial charge in [-0.3, -0.25) is 0 Å². The van der Waals surface area contributed by atoms with E-state index >= 15 is 0 Å². The molecule has 0 aromatic carbocycles. The molecular formula is C7H9BrN2S. The van der Waals surface area contributed by atoms with Crippen molar-refractivity contribution in [3.8, 4) is 0 Å². The van der Waals surface area contributed by atoms with Crippen molar-refractivity contribution in [3.63, 3.8) is 0 Å². The molecular weight excluding hydrogens is 224 g/mol. The molecule has 0 saturated carbocycles. The van der Waals surface area contributed by atoms with Gasteiger partial charge in [-0.05, 0) is 36.6 Å². The summed E-state index contributed by atoms with van der Waals surface area (Å²) in [7, 11) is 0. The van der Waals surface area contributed by atoms with Crippen LogP contribution in [0.2, 0.25) is 0 Å². The number of rotatable bonds is 1. The second-order valence-corrected chi connectivity index (χ2v) is 4.01. The maximum atomic E-state index is 4.92. The predicted octanol–water partition coefficient (Wildman–Crippen LogP) is 3.14. The van der Waals surface area contributed by atoms with Gasteiger partial charge in [0.2, 0.25) is 0 Å². The van der Waals surface area contributed by atoms with E-state index in [1.165, 1.54) is 0 Å². The average Bonchev–Trinajstić information content (AvgIpc) is 2.09. The van der Waals surface area contributed by atoms with Crippen molar-refractivity contribution in [2.75, 3.05) is 0 Å². The highest BCUT2D eigenvalue weighted by atomic mass is 79.9. The summed E-state index contributed by atoms with van der Waals surface area (Å²) in [6, 6.07) is 0. The highest BCUT2D eigenvalue weighted by Gasteiger charge is 1.95. The van der Waals surface area contributed by atoms with Gasteiger partial charge in [0, 0.05) is 5.69 Å². The van der Waals surface area contributed by atoms with Gasteiger partial charge in [0.1, 0.15) is 0 Å². The van der Waals surface area contributed by atoms with Crippen molar-refractivity contribution < 1.29 is 0 Å². The van der Waals surface area contributed by atoms with Gasteiger partial charge in [-0.2, -0.15) is 0 Å². The zero-order valence-corrected chi connectivity index (χ0v) is 8.77. The SMILES string of the molecule is C/C(Br)=C\c1[nH]c(=S)[nH]c1C. The van der Waals surface area contributed by atoms with Crippen LogP contribution in [0.3, 0.4) is 0 Å². The molecule has 0 aliphatic heterocycles. The summed E-state index contributed by atoms with van der Waals surface area (Å²) in [6.45, 7) is 3.96. The smallest absolute Gasteiger partial charge is 0.175 e. The number of imidazole rings is 1. The third kappa shape index (κ3) is 2.31. The van der Waals surface area contributed by atoms with E-state index in [1.807, 2.05) is 19.9 Å². The number of nitrogens with one attached hydrogen (secondary N) is 2. The largest absolute Gasteiger partial charge is 0.334 e. The molecule has 1 aromatic rings. The number of halogens is 1. The minimum absolute atomic E-state index is 0.669. The van der Waals surface area contributed by atoms with Gasteiger partial charge >= 0.3 is 0 Å². The third-order valence-corrected chi connectivity index (χ3v) is 1.73. The summed E-state index contributed by atoms with van der Waals surface area (Å²) in [5.74, 6) is 0. The summed E-state index contributed by atoms with van der Waals surface area (Å²) >= 11 is 8.27. The van der Waals surface area contributed by atoms with Gasteiger partial charge in [-0.25, -0.2) is 0 Å². The van der Waals surface area contributed by atoms with Crippen LogP contribution in [-0.2, 0) is 0 Å². The van der Waals surface area contributed by atoms with Crippen molar-refractivity contribution in [2.24, 2.45) is 0 Å². The normalized spacial score (nSPS) is 12.1. The molecule has 0 radical (unpaired) electrons. The lowest BCUT2D eigenvalue weighted by atomic mass is 10.3. The van der Waals surface area contributed by atoms with Crippen molar-refractivity contribution in [1.29, 1.82) is 0 Å². The van der Waals surface area contributed by atoms with Crippen LogP contribution in [0.15, 0.2) is 4.48 Å². The molecule has 0 atom stereocenters. The molecule has 0 saturated heterocycles.